The molecule has 3 aromatic rings. The molecule has 1 aromatic carbocycles. The third kappa shape index (κ3) is 7.21. The second-order valence-electron chi connectivity index (χ2n) is 14.7. The molecule has 51 heavy (non-hydrogen) atoms. The molecule has 12 nitrogen and oxygen atoms in total. The number of rotatable bonds is 8. The number of methoxy groups -OCH3 is 1. The maximum Gasteiger partial charge on any atom is 0.259 e. The van der Waals surface area contributed by atoms with E-state index in [1.54, 1.807) is 19.1 Å². The number of thiazole rings is 1. The molecule has 2 N–H and O–H groups in total. The zero-order valence-electron chi connectivity index (χ0n) is 29.4. The van der Waals surface area contributed by atoms with Gasteiger partial charge in [0.25, 0.3) is 5.91 Å². The fraction of sp³-hybridized carbons (Fsp3) is 0.541. The van der Waals surface area contributed by atoms with Crippen molar-refractivity contribution in [3.05, 3.63) is 47.5 Å². The molecule has 0 bridgehead atoms. The van der Waals surface area contributed by atoms with E-state index in [1.807, 2.05) is 41.8 Å². The number of fused-ring (bicyclic) bond motifs is 3. The second-order valence-corrected chi connectivity index (χ2v) is 17.5. The van der Waals surface area contributed by atoms with Crippen LogP contribution in [0.15, 0.2) is 41.8 Å². The number of hydrogen-bond donors (Lipinski definition) is 2. The average Bonchev–Trinajstić information content (AvgIpc) is 3.98. The molecule has 14 heteroatoms. The summed E-state index contributed by atoms with van der Waals surface area (Å²) in [6.45, 7) is 4.73. The first-order valence-electron chi connectivity index (χ1n) is 17.8. The number of allylic oxidation sites excluding steroid dienone is 1. The monoisotopic (exact) mass is 735 g/mol. The Kier molecular flexibility index (Phi) is 9.59. The van der Waals surface area contributed by atoms with Crippen molar-refractivity contribution in [3.8, 4) is 22.3 Å². The van der Waals surface area contributed by atoms with Gasteiger partial charge >= 0.3 is 0 Å². The highest BCUT2D eigenvalue weighted by molar-refractivity contribution is 7.91. The van der Waals surface area contributed by atoms with Crippen LogP contribution in [-0.2, 0) is 24.4 Å². The Morgan fingerprint density at radius 3 is 2.63 bits per heavy atom. The first kappa shape index (κ1) is 35.4. The molecule has 3 fully saturated rings. The Morgan fingerprint density at radius 1 is 1.12 bits per heavy atom. The lowest BCUT2D eigenvalue weighted by Gasteiger charge is -2.26. The molecule has 272 valence electrons. The van der Waals surface area contributed by atoms with Gasteiger partial charge in [-0.2, -0.15) is 0 Å². The van der Waals surface area contributed by atoms with E-state index in [0.29, 0.717) is 36.7 Å². The molecule has 3 aliphatic carbocycles. The SMILES string of the molecule is COc1ccc2c(O[C@@H]3C[C@H]4C(=O)N[C@]5(C(=O)NS(=O)(=O)C6CC6)C[C@@H]5/C=C\CCCCN(C)C(=O)[C@@H]4C3)nc(-c3nc(C(C)C)cs3)cc2c1. The molecule has 3 heterocycles. The smallest absolute Gasteiger partial charge is 0.259 e. The molecule has 0 saturated heterocycles. The molecular weight excluding hydrogens is 691 g/mol. The normalized spacial score (nSPS) is 27.7. The second kappa shape index (κ2) is 13.8. The number of sulfonamides is 1. The topological polar surface area (TPSA) is 157 Å². The molecule has 3 amide bonds. The first-order chi connectivity index (χ1) is 24.4. The van der Waals surface area contributed by atoms with Gasteiger partial charge in [-0.15, -0.1) is 11.3 Å². The van der Waals surface area contributed by atoms with Crippen molar-refractivity contribution < 1.29 is 32.3 Å². The third-order valence-corrected chi connectivity index (χ3v) is 13.3. The Bertz CT molecular complexity index is 1990. The predicted molar refractivity (Wildman–Crippen MR) is 194 cm³/mol. The van der Waals surface area contributed by atoms with E-state index >= 15 is 0 Å². The van der Waals surface area contributed by atoms with Crippen LogP contribution < -0.4 is 19.5 Å². The highest BCUT2D eigenvalue weighted by Crippen LogP contribution is 2.47. The summed E-state index contributed by atoms with van der Waals surface area (Å²) in [5.41, 5.74) is 0.224. The van der Waals surface area contributed by atoms with Crippen LogP contribution in [0, 0.1) is 17.8 Å². The van der Waals surface area contributed by atoms with Crippen LogP contribution in [0.2, 0.25) is 0 Å². The van der Waals surface area contributed by atoms with E-state index in [2.05, 4.69) is 23.9 Å². The lowest BCUT2D eigenvalue weighted by atomic mass is 9.93. The summed E-state index contributed by atoms with van der Waals surface area (Å²) in [7, 11) is -0.459. The minimum absolute atomic E-state index is 0.156. The molecule has 5 atom stereocenters. The minimum atomic E-state index is -3.83. The van der Waals surface area contributed by atoms with Gasteiger partial charge in [-0.25, -0.2) is 18.4 Å². The van der Waals surface area contributed by atoms with Crippen molar-refractivity contribution in [2.24, 2.45) is 17.8 Å². The van der Waals surface area contributed by atoms with E-state index < -0.39 is 50.6 Å². The summed E-state index contributed by atoms with van der Waals surface area (Å²) in [6.07, 6.45) is 7.53. The fourth-order valence-electron chi connectivity index (χ4n) is 7.25. The van der Waals surface area contributed by atoms with Gasteiger partial charge in [0.1, 0.15) is 28.1 Å². The fourth-order valence-corrected chi connectivity index (χ4v) is 9.55. The number of hydrogen-bond acceptors (Lipinski definition) is 10. The lowest BCUT2D eigenvalue weighted by molar-refractivity contribution is -0.140. The quantitative estimate of drug-likeness (QED) is 0.306. The third-order valence-electron chi connectivity index (χ3n) is 10.6. The number of aromatic nitrogens is 2. The highest BCUT2D eigenvalue weighted by atomic mass is 32.2. The van der Waals surface area contributed by atoms with Crippen molar-refractivity contribution in [1.82, 2.24) is 24.9 Å². The van der Waals surface area contributed by atoms with Gasteiger partial charge in [-0.05, 0) is 86.9 Å². The summed E-state index contributed by atoms with van der Waals surface area (Å²) < 4.78 is 39.9. The Balaban J connectivity index is 1.19. The standard InChI is InChI=1S/C37H45N5O7S2/c1-21(2)31-20-50-34(39-31)30-16-22-15-24(48-4)10-13-27(22)33(38-30)49-25-17-28-29(18-25)35(44)42(3)14-8-6-5-7-9-23-19-37(23,40-32(28)43)36(45)41-51(46,47)26-11-12-26/h7,9-10,13,15-16,20-21,23,25-26,28-29H,5-6,8,11-12,14,17-19H2,1-4H3,(H,40,43)(H,41,45)/b9-7-/t23-,25+,28+,29+,37+/m0/s1. The van der Waals surface area contributed by atoms with Crippen molar-refractivity contribution in [1.29, 1.82) is 0 Å². The molecule has 4 aliphatic rings. The van der Waals surface area contributed by atoms with Crippen LogP contribution >= 0.6 is 11.3 Å². The Morgan fingerprint density at radius 2 is 1.90 bits per heavy atom. The van der Waals surface area contributed by atoms with E-state index in [1.165, 1.54) is 11.3 Å². The molecule has 1 aliphatic heterocycles. The molecule has 0 spiro atoms. The van der Waals surface area contributed by atoms with Gasteiger partial charge in [-0.1, -0.05) is 26.0 Å². The summed E-state index contributed by atoms with van der Waals surface area (Å²) in [5.74, 6) is -1.87. The summed E-state index contributed by atoms with van der Waals surface area (Å²) in [4.78, 5) is 53.2. The lowest BCUT2D eigenvalue weighted by Crippen LogP contribution is -2.54. The van der Waals surface area contributed by atoms with Gasteiger partial charge in [0.2, 0.25) is 27.7 Å². The van der Waals surface area contributed by atoms with Gasteiger partial charge in [0.15, 0.2) is 0 Å². The van der Waals surface area contributed by atoms with Gasteiger partial charge < -0.3 is 19.7 Å². The number of nitrogens with one attached hydrogen (secondary N) is 2. The zero-order valence-corrected chi connectivity index (χ0v) is 31.0. The van der Waals surface area contributed by atoms with Crippen molar-refractivity contribution in [2.45, 2.75) is 88.0 Å². The summed E-state index contributed by atoms with van der Waals surface area (Å²) >= 11 is 1.51. The van der Waals surface area contributed by atoms with Crippen LogP contribution in [0.1, 0.15) is 76.8 Å². The zero-order chi connectivity index (χ0) is 36.1. The van der Waals surface area contributed by atoms with E-state index in [9.17, 15) is 22.8 Å². The maximum absolute atomic E-state index is 14.2. The van der Waals surface area contributed by atoms with Crippen LogP contribution in [0.25, 0.3) is 21.5 Å². The molecule has 0 unspecified atom stereocenters. The number of carbonyl (C=O) groups excluding carboxylic acids is 3. The summed E-state index contributed by atoms with van der Waals surface area (Å²) in [5, 5.41) is 6.76. The Labute approximate surface area is 302 Å². The molecule has 2 aromatic heterocycles. The van der Waals surface area contributed by atoms with Crippen LogP contribution in [0.4, 0.5) is 0 Å². The van der Waals surface area contributed by atoms with Gasteiger partial charge in [0.05, 0.1) is 29.9 Å². The van der Waals surface area contributed by atoms with Crippen LogP contribution in [0.3, 0.4) is 0 Å². The maximum atomic E-state index is 14.2. The van der Waals surface area contributed by atoms with Crippen molar-refractivity contribution >= 4 is 49.9 Å². The van der Waals surface area contributed by atoms with E-state index in [4.69, 9.17) is 19.4 Å². The van der Waals surface area contributed by atoms with Gasteiger partial charge in [0, 0.05) is 30.3 Å². The number of pyridine rings is 1. The highest BCUT2D eigenvalue weighted by Gasteiger charge is 2.62. The van der Waals surface area contributed by atoms with Gasteiger partial charge in [-0.3, -0.25) is 19.1 Å². The molecular formula is C37H45N5O7S2. The Hall–Kier alpha value is -4.04. The molecule has 7 rings (SSSR count). The first-order valence-corrected chi connectivity index (χ1v) is 20.2. The molecule has 3 saturated carbocycles. The number of benzene rings is 1. The van der Waals surface area contributed by atoms with E-state index in [0.717, 1.165) is 40.7 Å². The number of nitrogens with zero attached hydrogens (tertiary/aromatic N) is 3. The predicted octanol–water partition coefficient (Wildman–Crippen LogP) is 4.95. The number of ether oxygens (including phenoxy) is 2. The van der Waals surface area contributed by atoms with Crippen LogP contribution in [0.5, 0.6) is 11.6 Å². The number of carbonyl (C=O) groups is 3. The molecule has 0 radical (unpaired) electrons. The van der Waals surface area contributed by atoms with Crippen molar-refractivity contribution in [2.75, 3.05) is 20.7 Å². The average molecular weight is 736 g/mol. The van der Waals surface area contributed by atoms with Crippen molar-refractivity contribution in [3.63, 3.8) is 0 Å². The minimum Gasteiger partial charge on any atom is -0.497 e. The van der Waals surface area contributed by atoms with E-state index in [-0.39, 0.29) is 37.0 Å². The summed E-state index contributed by atoms with van der Waals surface area (Å²) in [6, 6.07) is 7.60. The largest absolute Gasteiger partial charge is 0.497 e. The number of amides is 3. The van der Waals surface area contributed by atoms with Crippen LogP contribution in [-0.4, -0.2) is 78.6 Å².